The van der Waals surface area contributed by atoms with E-state index in [0.717, 1.165) is 23.9 Å². The first-order valence-corrected chi connectivity index (χ1v) is 6.37. The fourth-order valence-electron chi connectivity index (χ4n) is 1.14. The molecular formula is C11H12F2N2O3S. The second kappa shape index (κ2) is 7.05. The molecule has 0 saturated heterocycles. The van der Waals surface area contributed by atoms with Crippen LogP contribution in [0.2, 0.25) is 0 Å². The summed E-state index contributed by atoms with van der Waals surface area (Å²) in [6.45, 7) is 0. The average molecular weight is 290 g/mol. The van der Waals surface area contributed by atoms with Crippen LogP contribution >= 0.6 is 11.8 Å². The van der Waals surface area contributed by atoms with Gasteiger partial charge in [0.25, 0.3) is 0 Å². The minimum Gasteiger partial charge on any atom is -0.480 e. The van der Waals surface area contributed by atoms with Crippen LogP contribution in [0.5, 0.6) is 0 Å². The van der Waals surface area contributed by atoms with Crippen molar-refractivity contribution in [1.29, 1.82) is 0 Å². The molecule has 0 heterocycles. The standard InChI is InChI=1S/C11H12F2N2O3S/c12-6-2-1-3-7(13)10(6)15-9(16)5-19-4-8(14)11(17)18/h1-3,8H,4-5,14H2,(H,15,16)(H,17,18). The van der Waals surface area contributed by atoms with Gasteiger partial charge >= 0.3 is 5.97 Å². The lowest BCUT2D eigenvalue weighted by Gasteiger charge is -2.08. The summed E-state index contributed by atoms with van der Waals surface area (Å²) in [6.07, 6.45) is 0. The number of carbonyl (C=O) groups excluding carboxylic acids is 1. The number of thioether (sulfide) groups is 1. The van der Waals surface area contributed by atoms with Crippen molar-refractivity contribution >= 4 is 29.3 Å². The Kier molecular flexibility index (Phi) is 5.71. The number of nitrogens with two attached hydrogens (primary N) is 1. The molecule has 8 heteroatoms. The number of halogens is 2. The summed E-state index contributed by atoms with van der Waals surface area (Å²) < 4.78 is 26.4. The molecule has 1 unspecified atom stereocenters. The lowest BCUT2D eigenvalue weighted by Crippen LogP contribution is -2.33. The van der Waals surface area contributed by atoms with E-state index in [1.807, 2.05) is 0 Å². The normalized spacial score (nSPS) is 11.9. The molecule has 1 aromatic carbocycles. The zero-order chi connectivity index (χ0) is 14.4. The fourth-order valence-corrected chi connectivity index (χ4v) is 1.91. The van der Waals surface area contributed by atoms with E-state index in [0.29, 0.717) is 0 Å². The van der Waals surface area contributed by atoms with Gasteiger partial charge in [-0.3, -0.25) is 9.59 Å². The van der Waals surface area contributed by atoms with Gasteiger partial charge in [-0.15, -0.1) is 11.8 Å². The number of hydrogen-bond donors (Lipinski definition) is 3. The van der Waals surface area contributed by atoms with Crippen LogP contribution in [0.25, 0.3) is 0 Å². The van der Waals surface area contributed by atoms with Crippen molar-refractivity contribution in [1.82, 2.24) is 0 Å². The van der Waals surface area contributed by atoms with Crippen LogP contribution in [-0.4, -0.2) is 34.5 Å². The van der Waals surface area contributed by atoms with Crippen molar-refractivity contribution in [2.45, 2.75) is 6.04 Å². The SMILES string of the molecule is NC(CSCC(=O)Nc1c(F)cccc1F)C(=O)O. The average Bonchev–Trinajstić information content (AvgIpc) is 2.33. The van der Waals surface area contributed by atoms with Crippen LogP contribution in [0, 0.1) is 11.6 Å². The first-order chi connectivity index (χ1) is 8.91. The molecule has 0 aliphatic rings. The number of carboxylic acids is 1. The Morgan fingerprint density at radius 1 is 1.37 bits per heavy atom. The van der Waals surface area contributed by atoms with E-state index in [9.17, 15) is 18.4 Å². The molecule has 0 aliphatic heterocycles. The number of para-hydroxylation sites is 1. The smallest absolute Gasteiger partial charge is 0.321 e. The van der Waals surface area contributed by atoms with E-state index < -0.39 is 35.2 Å². The number of nitrogens with one attached hydrogen (secondary N) is 1. The maximum absolute atomic E-state index is 13.2. The zero-order valence-corrected chi connectivity index (χ0v) is 10.5. The number of rotatable bonds is 6. The topological polar surface area (TPSA) is 92.4 Å². The largest absolute Gasteiger partial charge is 0.480 e. The molecule has 0 fully saturated rings. The summed E-state index contributed by atoms with van der Waals surface area (Å²) in [5.74, 6) is -3.67. The van der Waals surface area contributed by atoms with Gasteiger partial charge in [0, 0.05) is 5.75 Å². The van der Waals surface area contributed by atoms with E-state index in [-0.39, 0.29) is 11.5 Å². The fraction of sp³-hybridized carbons (Fsp3) is 0.273. The molecule has 4 N–H and O–H groups in total. The number of benzene rings is 1. The molecule has 1 aromatic rings. The number of hydrogen-bond acceptors (Lipinski definition) is 4. The third kappa shape index (κ3) is 4.84. The lowest BCUT2D eigenvalue weighted by atomic mass is 10.3. The van der Waals surface area contributed by atoms with Gasteiger partial charge in [0.1, 0.15) is 23.4 Å². The van der Waals surface area contributed by atoms with Gasteiger partial charge in [-0.1, -0.05) is 6.07 Å². The molecule has 0 aliphatic carbocycles. The molecule has 19 heavy (non-hydrogen) atoms. The van der Waals surface area contributed by atoms with Crippen molar-refractivity contribution in [3.05, 3.63) is 29.8 Å². The Morgan fingerprint density at radius 3 is 2.47 bits per heavy atom. The molecule has 104 valence electrons. The number of amides is 1. The van der Waals surface area contributed by atoms with Gasteiger partial charge in [0.15, 0.2) is 0 Å². The molecule has 0 aromatic heterocycles. The summed E-state index contributed by atoms with van der Waals surface area (Å²) in [5.41, 5.74) is 4.71. The number of anilines is 1. The molecule has 0 radical (unpaired) electrons. The molecule has 1 amide bonds. The number of carboxylic acid groups (broad SMARTS) is 1. The molecule has 5 nitrogen and oxygen atoms in total. The third-order valence-corrected chi connectivity index (χ3v) is 3.14. The van der Waals surface area contributed by atoms with Gasteiger partial charge in [-0.05, 0) is 12.1 Å². The van der Waals surface area contributed by atoms with Gasteiger partial charge in [0.2, 0.25) is 5.91 Å². The molecule has 0 bridgehead atoms. The highest BCUT2D eigenvalue weighted by Crippen LogP contribution is 2.18. The minimum atomic E-state index is -1.17. The molecule has 0 saturated carbocycles. The van der Waals surface area contributed by atoms with E-state index in [4.69, 9.17) is 10.8 Å². The minimum absolute atomic E-state index is 0.0303. The Balaban J connectivity index is 2.46. The van der Waals surface area contributed by atoms with Crippen molar-refractivity contribution in [2.24, 2.45) is 5.73 Å². The first kappa shape index (κ1) is 15.4. The summed E-state index contributed by atoms with van der Waals surface area (Å²) >= 11 is 0.966. The Hall–Kier alpha value is -1.67. The Labute approximate surface area is 112 Å². The highest BCUT2D eigenvalue weighted by Gasteiger charge is 2.14. The summed E-state index contributed by atoms with van der Waals surface area (Å²) in [4.78, 5) is 21.8. The second-order valence-corrected chi connectivity index (χ2v) is 4.63. The van der Waals surface area contributed by atoms with Crippen molar-refractivity contribution in [3.63, 3.8) is 0 Å². The number of aliphatic carboxylic acids is 1. The quantitative estimate of drug-likeness (QED) is 0.728. The predicted octanol–water partition coefficient (Wildman–Crippen LogP) is 1.05. The monoisotopic (exact) mass is 290 g/mol. The van der Waals surface area contributed by atoms with E-state index >= 15 is 0 Å². The van der Waals surface area contributed by atoms with Crippen molar-refractivity contribution in [3.8, 4) is 0 Å². The highest BCUT2D eigenvalue weighted by atomic mass is 32.2. The van der Waals surface area contributed by atoms with Gasteiger partial charge < -0.3 is 16.2 Å². The maximum atomic E-state index is 13.2. The summed E-state index contributed by atoms with van der Waals surface area (Å²) in [5, 5.41) is 10.6. The van der Waals surface area contributed by atoms with Gasteiger partial charge in [-0.25, -0.2) is 8.78 Å². The van der Waals surface area contributed by atoms with Gasteiger partial charge in [-0.2, -0.15) is 0 Å². The summed E-state index contributed by atoms with van der Waals surface area (Å²) in [6, 6.07) is 2.14. The van der Waals surface area contributed by atoms with Gasteiger partial charge in [0.05, 0.1) is 5.75 Å². The first-order valence-electron chi connectivity index (χ1n) is 5.21. The zero-order valence-electron chi connectivity index (χ0n) is 9.73. The van der Waals surface area contributed by atoms with E-state index in [1.54, 1.807) is 0 Å². The maximum Gasteiger partial charge on any atom is 0.321 e. The van der Waals surface area contributed by atoms with Crippen LogP contribution in [0.15, 0.2) is 18.2 Å². The predicted molar refractivity (Wildman–Crippen MR) is 67.9 cm³/mol. The number of carbonyl (C=O) groups is 2. The van der Waals surface area contributed by atoms with Crippen LogP contribution in [0.1, 0.15) is 0 Å². The van der Waals surface area contributed by atoms with Crippen LogP contribution in [0.3, 0.4) is 0 Å². The van der Waals surface area contributed by atoms with E-state index in [2.05, 4.69) is 5.32 Å². The second-order valence-electron chi connectivity index (χ2n) is 3.60. The van der Waals surface area contributed by atoms with Crippen molar-refractivity contribution in [2.75, 3.05) is 16.8 Å². The third-order valence-electron chi connectivity index (χ3n) is 2.07. The lowest BCUT2D eigenvalue weighted by molar-refractivity contribution is -0.137. The molecule has 1 rings (SSSR count). The van der Waals surface area contributed by atoms with Crippen LogP contribution in [0.4, 0.5) is 14.5 Å². The molecule has 0 spiro atoms. The Morgan fingerprint density at radius 2 is 1.95 bits per heavy atom. The Bertz CT molecular complexity index is 465. The van der Waals surface area contributed by atoms with E-state index in [1.165, 1.54) is 6.07 Å². The van der Waals surface area contributed by atoms with Crippen LogP contribution < -0.4 is 11.1 Å². The van der Waals surface area contributed by atoms with Crippen LogP contribution in [-0.2, 0) is 9.59 Å². The highest BCUT2D eigenvalue weighted by molar-refractivity contribution is 8.00. The summed E-state index contributed by atoms with van der Waals surface area (Å²) in [7, 11) is 0. The molecule has 1 atom stereocenters. The van der Waals surface area contributed by atoms with Crippen molar-refractivity contribution < 1.29 is 23.5 Å². The molecular weight excluding hydrogens is 278 g/mol.